The molecule has 0 amide bonds. The fourth-order valence-electron chi connectivity index (χ4n) is 2.97. The highest BCUT2D eigenvalue weighted by Gasteiger charge is 2.18. The molecule has 8 nitrogen and oxygen atoms in total. The summed E-state index contributed by atoms with van der Waals surface area (Å²) in [4.78, 5) is 0.237. The number of hydrogen-bond acceptors (Lipinski definition) is 9. The summed E-state index contributed by atoms with van der Waals surface area (Å²) >= 11 is 0.741. The highest BCUT2D eigenvalue weighted by atomic mass is 32.2. The van der Waals surface area contributed by atoms with E-state index in [1.165, 1.54) is 18.2 Å². The zero-order valence-electron chi connectivity index (χ0n) is 15.0. The maximum atomic E-state index is 11.5. The molecule has 0 saturated heterocycles. The van der Waals surface area contributed by atoms with Gasteiger partial charge in [0.25, 0.3) is 0 Å². The van der Waals surface area contributed by atoms with Crippen molar-refractivity contribution in [3.63, 3.8) is 0 Å². The Morgan fingerprint density at radius 1 is 0.893 bits per heavy atom. The largest absolute Gasteiger partial charge is 0.744 e. The van der Waals surface area contributed by atoms with E-state index in [1.807, 2.05) is 6.92 Å². The zero-order chi connectivity index (χ0) is 20.3. The predicted molar refractivity (Wildman–Crippen MR) is 99.8 cm³/mol. The minimum Gasteiger partial charge on any atom is -0.744 e. The Morgan fingerprint density at radius 3 is 2.00 bits per heavy atom. The molecule has 0 unspecified atom stereocenters. The lowest BCUT2D eigenvalue weighted by molar-refractivity contribution is -0.777. The molecule has 3 aromatic rings. The molecule has 0 heterocycles. The van der Waals surface area contributed by atoms with Crippen molar-refractivity contribution in [3.05, 3.63) is 36.4 Å². The van der Waals surface area contributed by atoms with Gasteiger partial charge in [0.1, 0.15) is 21.6 Å². The van der Waals surface area contributed by atoms with Gasteiger partial charge in [0.2, 0.25) is 0 Å². The van der Waals surface area contributed by atoms with Gasteiger partial charge in [0.15, 0.2) is 0 Å². The normalized spacial score (nSPS) is 11.9. The molecule has 0 saturated carbocycles. The molecule has 0 aliphatic carbocycles. The van der Waals surface area contributed by atoms with Crippen LogP contribution in [0.4, 0.5) is 0 Å². The third kappa shape index (κ3) is 4.02. The predicted octanol–water partition coefficient (Wildman–Crippen LogP) is 2.93. The first kappa shape index (κ1) is 20.6. The molecule has 0 aliphatic heterocycles. The molecule has 0 aromatic heterocycles. The van der Waals surface area contributed by atoms with E-state index in [9.17, 15) is 18.2 Å². The van der Waals surface area contributed by atoms with Gasteiger partial charge in [-0.15, -0.1) is 0 Å². The van der Waals surface area contributed by atoms with E-state index >= 15 is 0 Å². The van der Waals surface area contributed by atoms with Crippen LogP contribution in [0.15, 0.2) is 46.2 Å². The Labute approximate surface area is 165 Å². The number of hydrogen-bond donors (Lipinski definition) is 0. The maximum Gasteiger partial charge on any atom is 0.135 e. The van der Waals surface area contributed by atoms with E-state index in [2.05, 4.69) is 9.37 Å². The summed E-state index contributed by atoms with van der Waals surface area (Å²) in [5.41, 5.74) is 0. The fraction of sp³-hybridized carbons (Fsp3) is 0.222. The van der Waals surface area contributed by atoms with E-state index in [0.29, 0.717) is 51.2 Å². The van der Waals surface area contributed by atoms with Gasteiger partial charge in [-0.3, -0.25) is 5.04 Å². The van der Waals surface area contributed by atoms with Gasteiger partial charge < -0.3 is 19.3 Å². The third-order valence-corrected chi connectivity index (χ3v) is 5.39. The van der Waals surface area contributed by atoms with Crippen LogP contribution in [0.1, 0.15) is 13.8 Å². The van der Waals surface area contributed by atoms with Gasteiger partial charge in [0, 0.05) is 26.4 Å². The standard InChI is InChI=1S/C18H18O8S2/c1-3-23-17-14-8-6-12(28(20,21)22)10-16(14)18(24-4-2)13-7-5-11(9-15(13)17)27-26-25-19/h5-10,19H,3-4H2,1-2H3,(H,20,21,22)/p-2. The van der Waals surface area contributed by atoms with Gasteiger partial charge in [-0.25, -0.2) is 8.42 Å². The van der Waals surface area contributed by atoms with E-state index in [4.69, 9.17) is 9.47 Å². The molecule has 28 heavy (non-hydrogen) atoms. The lowest BCUT2D eigenvalue weighted by Gasteiger charge is -2.18. The molecule has 0 N–H and O–H groups in total. The lowest BCUT2D eigenvalue weighted by Crippen LogP contribution is -2.02. The van der Waals surface area contributed by atoms with Crippen molar-refractivity contribution in [1.29, 1.82) is 0 Å². The van der Waals surface area contributed by atoms with Crippen LogP contribution in [0.3, 0.4) is 0 Å². The van der Waals surface area contributed by atoms with Crippen LogP contribution in [0, 0.1) is 0 Å². The van der Waals surface area contributed by atoms with E-state index in [-0.39, 0.29) is 4.90 Å². The molecule has 0 bridgehead atoms. The molecule has 0 radical (unpaired) electrons. The quantitative estimate of drug-likeness (QED) is 0.177. The molecule has 3 rings (SSSR count). The Kier molecular flexibility index (Phi) is 6.28. The molecule has 10 heteroatoms. The van der Waals surface area contributed by atoms with Crippen LogP contribution >= 0.6 is 12.0 Å². The van der Waals surface area contributed by atoms with Crippen molar-refractivity contribution in [3.8, 4) is 11.5 Å². The van der Waals surface area contributed by atoms with Gasteiger partial charge in [-0.1, -0.05) is 0 Å². The monoisotopic (exact) mass is 424 g/mol. The summed E-state index contributed by atoms with van der Waals surface area (Å²) in [5, 5.41) is 15.9. The lowest BCUT2D eigenvalue weighted by atomic mass is 10.0. The molecule has 3 aromatic carbocycles. The van der Waals surface area contributed by atoms with Gasteiger partial charge >= 0.3 is 0 Å². The van der Waals surface area contributed by atoms with Crippen molar-refractivity contribution in [2.45, 2.75) is 23.6 Å². The van der Waals surface area contributed by atoms with Gasteiger partial charge in [-0.2, -0.15) is 4.33 Å². The average Bonchev–Trinajstić information content (AvgIpc) is 2.67. The first-order valence-corrected chi connectivity index (χ1v) is 10.4. The SMILES string of the molecule is CCOc1c2ccc(S(=O)(=O)[O-])cc2c(OCC)c2ccc(SOO[O-])cc12. The smallest absolute Gasteiger partial charge is 0.135 e. The van der Waals surface area contributed by atoms with Crippen molar-refractivity contribution in [2.75, 3.05) is 13.2 Å². The average molecular weight is 424 g/mol. The second kappa shape index (κ2) is 8.52. The molecule has 150 valence electrons. The molecular formula is C18H16O8S2-2. The molecule has 0 aliphatic rings. The Bertz CT molecular complexity index is 1110. The zero-order valence-corrected chi connectivity index (χ0v) is 16.6. The van der Waals surface area contributed by atoms with Gasteiger partial charge in [0.05, 0.1) is 30.2 Å². The third-order valence-electron chi connectivity index (χ3n) is 3.98. The van der Waals surface area contributed by atoms with Crippen LogP contribution in [0.25, 0.3) is 21.5 Å². The summed E-state index contributed by atoms with van der Waals surface area (Å²) in [6.07, 6.45) is 0. The van der Waals surface area contributed by atoms with Crippen LogP contribution < -0.4 is 14.7 Å². The van der Waals surface area contributed by atoms with E-state index in [0.717, 1.165) is 12.0 Å². The van der Waals surface area contributed by atoms with Crippen molar-refractivity contribution in [2.24, 2.45) is 0 Å². The summed E-state index contributed by atoms with van der Waals surface area (Å²) in [5.74, 6) is 0.926. The van der Waals surface area contributed by atoms with Crippen molar-refractivity contribution in [1.82, 2.24) is 0 Å². The van der Waals surface area contributed by atoms with Crippen molar-refractivity contribution >= 4 is 43.7 Å². The molecule has 0 atom stereocenters. The molecule has 0 spiro atoms. The highest BCUT2D eigenvalue weighted by molar-refractivity contribution is 7.94. The second-order valence-corrected chi connectivity index (χ2v) is 7.77. The van der Waals surface area contributed by atoms with E-state index < -0.39 is 10.1 Å². The van der Waals surface area contributed by atoms with Crippen LogP contribution in [0.5, 0.6) is 11.5 Å². The van der Waals surface area contributed by atoms with Crippen molar-refractivity contribution < 1.29 is 37.1 Å². The minimum absolute atomic E-state index is 0.330. The Balaban J connectivity index is 2.40. The van der Waals surface area contributed by atoms with Crippen LogP contribution in [0.2, 0.25) is 0 Å². The second-order valence-electron chi connectivity index (χ2n) is 5.61. The van der Waals surface area contributed by atoms with E-state index in [1.54, 1.807) is 25.1 Å². The molecular weight excluding hydrogens is 408 g/mol. The Morgan fingerprint density at radius 2 is 1.46 bits per heavy atom. The maximum absolute atomic E-state index is 11.5. The first-order valence-electron chi connectivity index (χ1n) is 8.28. The van der Waals surface area contributed by atoms with Crippen LogP contribution in [-0.2, 0) is 19.5 Å². The molecule has 0 fully saturated rings. The summed E-state index contributed by atoms with van der Waals surface area (Å²) in [7, 11) is -4.63. The summed E-state index contributed by atoms with van der Waals surface area (Å²) < 4.78 is 50.4. The minimum atomic E-state index is -4.63. The number of ether oxygens (including phenoxy) is 2. The summed E-state index contributed by atoms with van der Waals surface area (Å²) in [6.45, 7) is 4.30. The first-order chi connectivity index (χ1) is 13.4. The topological polar surface area (TPSA) is 117 Å². The van der Waals surface area contributed by atoms with Crippen LogP contribution in [-0.4, -0.2) is 26.2 Å². The number of fused-ring (bicyclic) bond motifs is 2. The highest BCUT2D eigenvalue weighted by Crippen LogP contribution is 2.44. The Hall–Kier alpha value is -2.08. The fourth-order valence-corrected chi connectivity index (χ4v) is 3.86. The number of rotatable bonds is 8. The van der Waals surface area contributed by atoms with Gasteiger partial charge in [-0.05, 0) is 50.2 Å². The number of benzene rings is 3. The summed E-state index contributed by atoms with van der Waals surface area (Å²) in [6, 6.07) is 9.21.